The number of imidazole rings is 1. The van der Waals surface area contributed by atoms with Crippen molar-refractivity contribution in [3.05, 3.63) is 60.3 Å². The number of carbonyl (C=O) groups is 1. The molecule has 1 saturated heterocycles. The monoisotopic (exact) mass is 360 g/mol. The first-order valence-corrected chi connectivity index (χ1v) is 9.29. The predicted molar refractivity (Wildman–Crippen MR) is 101 cm³/mol. The topological polar surface area (TPSA) is 79.2 Å². The molecule has 1 atom stereocenters. The van der Waals surface area contributed by atoms with Gasteiger partial charge in [-0.15, -0.1) is 0 Å². The van der Waals surface area contributed by atoms with Crippen molar-refractivity contribution in [3.63, 3.8) is 0 Å². The molecule has 0 spiro atoms. The van der Waals surface area contributed by atoms with Crippen LogP contribution >= 0.6 is 0 Å². The number of hydrogen-bond acceptors (Lipinski definition) is 4. The maximum Gasteiger partial charge on any atom is 0.259 e. The number of carbonyl (C=O) groups excluding carboxylic acids is 1. The fraction of sp³-hybridized carbons (Fsp3) is 0.300. The number of likely N-dealkylation sites (tertiary alicyclic amines) is 1. The molecule has 4 heterocycles. The van der Waals surface area contributed by atoms with Gasteiger partial charge in [0.15, 0.2) is 5.65 Å². The zero-order chi connectivity index (χ0) is 18.2. The molecule has 0 bridgehead atoms. The van der Waals surface area contributed by atoms with E-state index in [0.29, 0.717) is 17.1 Å². The number of amides is 1. The van der Waals surface area contributed by atoms with Crippen LogP contribution in [0.4, 0.5) is 0 Å². The van der Waals surface area contributed by atoms with Crippen LogP contribution in [0.5, 0.6) is 0 Å². The van der Waals surface area contributed by atoms with Crippen LogP contribution in [0, 0.1) is 5.92 Å². The Bertz CT molecular complexity index is 1080. The lowest BCUT2D eigenvalue weighted by molar-refractivity contribution is 0.0674. The molecule has 1 amide bonds. The highest BCUT2D eigenvalue weighted by Crippen LogP contribution is 2.23. The van der Waals surface area contributed by atoms with Crippen molar-refractivity contribution in [1.29, 1.82) is 0 Å². The van der Waals surface area contributed by atoms with Gasteiger partial charge < -0.3 is 9.88 Å². The summed E-state index contributed by atoms with van der Waals surface area (Å²) in [5.74, 6) is 1.41. The first-order chi connectivity index (χ1) is 13.3. The molecule has 0 saturated carbocycles. The minimum absolute atomic E-state index is 0.0120. The van der Waals surface area contributed by atoms with Gasteiger partial charge in [-0.3, -0.25) is 4.79 Å². The Labute approximate surface area is 156 Å². The SMILES string of the molecule is O=C(c1cnn2cccnc12)N1CCC[C@H](Cc2nc3ccccc3[nH]2)C1. The summed E-state index contributed by atoms with van der Waals surface area (Å²) in [6, 6.07) is 9.87. The third-order valence-corrected chi connectivity index (χ3v) is 5.24. The van der Waals surface area contributed by atoms with E-state index in [4.69, 9.17) is 0 Å². The number of fused-ring (bicyclic) bond motifs is 2. The molecule has 3 aromatic heterocycles. The Balaban J connectivity index is 1.33. The molecule has 7 heteroatoms. The zero-order valence-electron chi connectivity index (χ0n) is 14.9. The summed E-state index contributed by atoms with van der Waals surface area (Å²) < 4.78 is 1.64. The fourth-order valence-corrected chi connectivity index (χ4v) is 3.94. The minimum atomic E-state index is 0.0120. The van der Waals surface area contributed by atoms with Crippen molar-refractivity contribution in [2.24, 2.45) is 5.92 Å². The Morgan fingerprint density at radius 1 is 1.26 bits per heavy atom. The number of aromatic amines is 1. The number of benzene rings is 1. The molecular formula is C20H20N6O. The van der Waals surface area contributed by atoms with E-state index in [0.717, 1.165) is 49.2 Å². The van der Waals surface area contributed by atoms with Gasteiger partial charge >= 0.3 is 0 Å². The van der Waals surface area contributed by atoms with Crippen molar-refractivity contribution in [3.8, 4) is 0 Å². The molecule has 4 aromatic rings. The van der Waals surface area contributed by atoms with E-state index in [2.05, 4.69) is 20.1 Å². The maximum absolute atomic E-state index is 13.0. The molecule has 1 aliphatic rings. The average molecular weight is 360 g/mol. The molecule has 1 fully saturated rings. The molecule has 136 valence electrons. The summed E-state index contributed by atoms with van der Waals surface area (Å²) in [5.41, 5.74) is 3.24. The predicted octanol–water partition coefficient (Wildman–Crippen LogP) is 2.70. The summed E-state index contributed by atoms with van der Waals surface area (Å²) in [7, 11) is 0. The molecule has 5 rings (SSSR count). The number of H-pyrrole nitrogens is 1. The van der Waals surface area contributed by atoms with E-state index in [1.165, 1.54) is 0 Å². The molecule has 1 N–H and O–H groups in total. The summed E-state index contributed by atoms with van der Waals surface area (Å²) in [6.07, 6.45) is 8.07. The van der Waals surface area contributed by atoms with Gasteiger partial charge in [0.1, 0.15) is 11.4 Å². The molecule has 1 aromatic carbocycles. The summed E-state index contributed by atoms with van der Waals surface area (Å²) in [5, 5.41) is 4.24. The van der Waals surface area contributed by atoms with E-state index in [-0.39, 0.29) is 5.91 Å². The lowest BCUT2D eigenvalue weighted by Crippen LogP contribution is -2.40. The molecule has 0 radical (unpaired) electrons. The van der Waals surface area contributed by atoms with Crippen molar-refractivity contribution in [1.82, 2.24) is 29.5 Å². The first-order valence-electron chi connectivity index (χ1n) is 9.29. The Morgan fingerprint density at radius 2 is 2.19 bits per heavy atom. The van der Waals surface area contributed by atoms with Crippen molar-refractivity contribution >= 4 is 22.6 Å². The van der Waals surface area contributed by atoms with Gasteiger partial charge in [0.2, 0.25) is 0 Å². The molecule has 0 aliphatic carbocycles. The third kappa shape index (κ3) is 2.95. The van der Waals surface area contributed by atoms with Gasteiger partial charge in [0, 0.05) is 31.9 Å². The van der Waals surface area contributed by atoms with Crippen LogP contribution in [0.2, 0.25) is 0 Å². The Kier molecular flexibility index (Phi) is 3.85. The highest BCUT2D eigenvalue weighted by atomic mass is 16.2. The van der Waals surface area contributed by atoms with Crippen LogP contribution in [-0.4, -0.2) is 48.5 Å². The lowest BCUT2D eigenvalue weighted by Gasteiger charge is -2.32. The van der Waals surface area contributed by atoms with E-state index in [1.54, 1.807) is 29.2 Å². The van der Waals surface area contributed by atoms with Gasteiger partial charge in [-0.05, 0) is 37.0 Å². The quantitative estimate of drug-likeness (QED) is 0.609. The first kappa shape index (κ1) is 16.0. The maximum atomic E-state index is 13.0. The van der Waals surface area contributed by atoms with E-state index in [9.17, 15) is 4.79 Å². The number of rotatable bonds is 3. The van der Waals surface area contributed by atoms with Crippen LogP contribution in [0.3, 0.4) is 0 Å². The Hall–Kier alpha value is -3.22. The second kappa shape index (κ2) is 6.50. The van der Waals surface area contributed by atoms with E-state index >= 15 is 0 Å². The average Bonchev–Trinajstić information content (AvgIpc) is 3.31. The normalized spacial score (nSPS) is 17.6. The van der Waals surface area contributed by atoms with Crippen LogP contribution in [0.15, 0.2) is 48.9 Å². The fourth-order valence-electron chi connectivity index (χ4n) is 3.94. The number of nitrogens with one attached hydrogen (secondary N) is 1. The Morgan fingerprint density at radius 3 is 3.11 bits per heavy atom. The van der Waals surface area contributed by atoms with Crippen molar-refractivity contribution in [2.75, 3.05) is 13.1 Å². The van der Waals surface area contributed by atoms with Crippen LogP contribution in [-0.2, 0) is 6.42 Å². The molecule has 1 aliphatic heterocycles. The van der Waals surface area contributed by atoms with Gasteiger partial charge in [-0.2, -0.15) is 5.10 Å². The largest absolute Gasteiger partial charge is 0.342 e. The van der Waals surface area contributed by atoms with Crippen LogP contribution < -0.4 is 0 Å². The lowest BCUT2D eigenvalue weighted by atomic mass is 9.94. The second-order valence-corrected chi connectivity index (χ2v) is 7.11. The zero-order valence-corrected chi connectivity index (χ0v) is 14.9. The second-order valence-electron chi connectivity index (χ2n) is 7.11. The third-order valence-electron chi connectivity index (χ3n) is 5.24. The summed E-state index contributed by atoms with van der Waals surface area (Å²) in [6.45, 7) is 1.51. The van der Waals surface area contributed by atoms with Gasteiger partial charge in [-0.1, -0.05) is 12.1 Å². The van der Waals surface area contributed by atoms with Crippen molar-refractivity contribution in [2.45, 2.75) is 19.3 Å². The number of para-hydroxylation sites is 2. The molecular weight excluding hydrogens is 340 g/mol. The number of piperidine rings is 1. The minimum Gasteiger partial charge on any atom is -0.342 e. The highest BCUT2D eigenvalue weighted by molar-refractivity contribution is 5.99. The number of nitrogens with zero attached hydrogens (tertiary/aromatic N) is 5. The van der Waals surface area contributed by atoms with Gasteiger partial charge in [0.05, 0.1) is 17.2 Å². The highest BCUT2D eigenvalue weighted by Gasteiger charge is 2.27. The molecule has 27 heavy (non-hydrogen) atoms. The molecule has 7 nitrogen and oxygen atoms in total. The van der Waals surface area contributed by atoms with E-state index < -0.39 is 0 Å². The van der Waals surface area contributed by atoms with Gasteiger partial charge in [0.25, 0.3) is 5.91 Å². The van der Waals surface area contributed by atoms with E-state index in [1.807, 2.05) is 29.2 Å². The van der Waals surface area contributed by atoms with Crippen LogP contribution in [0.1, 0.15) is 29.0 Å². The number of aromatic nitrogens is 5. The summed E-state index contributed by atoms with van der Waals surface area (Å²) in [4.78, 5) is 27.3. The van der Waals surface area contributed by atoms with Crippen LogP contribution in [0.25, 0.3) is 16.7 Å². The summed E-state index contributed by atoms with van der Waals surface area (Å²) >= 11 is 0. The number of hydrogen-bond donors (Lipinski definition) is 1. The van der Waals surface area contributed by atoms with Gasteiger partial charge in [-0.25, -0.2) is 14.5 Å². The molecule has 0 unspecified atom stereocenters. The standard InChI is InChI=1S/C20H20N6O/c27-20(15-12-22-26-10-4-8-21-19(15)26)25-9-3-5-14(13-25)11-18-23-16-6-1-2-7-17(16)24-18/h1-2,4,6-8,10,12,14H,3,5,9,11,13H2,(H,23,24)/t14-/m1/s1. The smallest absolute Gasteiger partial charge is 0.259 e. The van der Waals surface area contributed by atoms with Crippen molar-refractivity contribution < 1.29 is 4.79 Å².